The van der Waals surface area contributed by atoms with Gasteiger partial charge in [-0.1, -0.05) is 20.8 Å². The van der Waals surface area contributed by atoms with E-state index in [4.69, 9.17) is 4.18 Å². The van der Waals surface area contributed by atoms with E-state index in [1.165, 1.54) is 0 Å². The van der Waals surface area contributed by atoms with Gasteiger partial charge in [0.1, 0.15) is 12.4 Å². The van der Waals surface area contributed by atoms with Crippen molar-refractivity contribution in [3.8, 4) is 0 Å². The van der Waals surface area contributed by atoms with Gasteiger partial charge in [-0.25, -0.2) is 0 Å². The van der Waals surface area contributed by atoms with E-state index < -0.39 is 22.1 Å². The molecule has 2 saturated carbocycles. The molecule has 20 heavy (non-hydrogen) atoms. The Bertz CT molecular complexity index is 534. The van der Waals surface area contributed by atoms with Crippen LogP contribution < -0.4 is 0 Å². The van der Waals surface area contributed by atoms with Gasteiger partial charge in [0.05, 0.1) is 11.2 Å². The van der Waals surface area contributed by atoms with Crippen LogP contribution in [0.1, 0.15) is 46.5 Å². The highest BCUT2D eigenvalue weighted by Crippen LogP contribution is 2.64. The van der Waals surface area contributed by atoms with Gasteiger partial charge in [-0.3, -0.25) is 13.8 Å². The first-order valence-electron chi connectivity index (χ1n) is 7.07. The molecule has 6 heteroatoms. The zero-order chi connectivity index (χ0) is 15.2. The quantitative estimate of drug-likeness (QED) is 0.698. The smallest absolute Gasteiger partial charge is 0.268 e. The predicted octanol–water partition coefficient (Wildman–Crippen LogP) is 1.71. The van der Waals surface area contributed by atoms with Gasteiger partial charge in [0.15, 0.2) is 5.78 Å². The van der Waals surface area contributed by atoms with Gasteiger partial charge < -0.3 is 0 Å². The van der Waals surface area contributed by atoms with Gasteiger partial charge >= 0.3 is 0 Å². The lowest BCUT2D eigenvalue weighted by atomic mass is 9.70. The molecule has 0 N–H and O–H groups in total. The summed E-state index contributed by atoms with van der Waals surface area (Å²) in [6, 6.07) is 0. The molecule has 0 heterocycles. The fourth-order valence-electron chi connectivity index (χ4n) is 3.71. The Hall–Kier alpha value is -0.750. The zero-order valence-corrected chi connectivity index (χ0v) is 13.1. The first-order valence-corrected chi connectivity index (χ1v) is 8.64. The van der Waals surface area contributed by atoms with Crippen molar-refractivity contribution >= 4 is 21.7 Å². The first kappa shape index (κ1) is 15.6. The molecular weight excluding hydrogens is 280 g/mol. The average Bonchev–Trinajstić information content (AvgIpc) is 2.69. The van der Waals surface area contributed by atoms with Crippen molar-refractivity contribution in [1.29, 1.82) is 0 Å². The summed E-state index contributed by atoms with van der Waals surface area (Å²) in [5, 5.41) is 0. The minimum absolute atomic E-state index is 0.0349. The number of carbonyl (C=O) groups excluding carboxylic acids is 2. The maximum Gasteiger partial charge on any atom is 0.268 e. The van der Waals surface area contributed by atoms with Gasteiger partial charge in [0.25, 0.3) is 10.1 Å². The Kier molecular flexibility index (Phi) is 3.84. The monoisotopic (exact) mass is 302 g/mol. The average molecular weight is 302 g/mol. The van der Waals surface area contributed by atoms with Gasteiger partial charge in [-0.15, -0.1) is 0 Å². The fraction of sp³-hybridized carbons (Fsp3) is 0.857. The van der Waals surface area contributed by atoms with Gasteiger partial charge in [0.2, 0.25) is 0 Å². The molecule has 0 aromatic heterocycles. The van der Waals surface area contributed by atoms with E-state index in [2.05, 4.69) is 0 Å². The molecule has 2 aliphatic carbocycles. The minimum atomic E-state index is -3.86. The number of hydrogen-bond donors (Lipinski definition) is 0. The molecule has 0 aromatic rings. The summed E-state index contributed by atoms with van der Waals surface area (Å²) in [7, 11) is -3.86. The largest absolute Gasteiger partial charge is 0.299 e. The fourth-order valence-corrected chi connectivity index (χ4v) is 5.38. The molecular formula is C14H22O5S. The van der Waals surface area contributed by atoms with Crippen LogP contribution in [0.15, 0.2) is 0 Å². The molecule has 0 saturated heterocycles. The minimum Gasteiger partial charge on any atom is -0.299 e. The number of fused-ring (bicyclic) bond motifs is 2. The van der Waals surface area contributed by atoms with Crippen molar-refractivity contribution < 1.29 is 22.2 Å². The zero-order valence-electron chi connectivity index (χ0n) is 12.3. The van der Waals surface area contributed by atoms with E-state index in [-0.39, 0.29) is 35.1 Å². The van der Waals surface area contributed by atoms with Crippen molar-refractivity contribution in [3.63, 3.8) is 0 Å². The third-order valence-electron chi connectivity index (χ3n) is 5.36. The van der Waals surface area contributed by atoms with Crippen molar-refractivity contribution in [2.45, 2.75) is 46.5 Å². The van der Waals surface area contributed by atoms with E-state index in [0.717, 1.165) is 6.42 Å². The lowest BCUT2D eigenvalue weighted by Crippen LogP contribution is -2.42. The van der Waals surface area contributed by atoms with Crippen LogP contribution in [0.3, 0.4) is 0 Å². The molecule has 2 fully saturated rings. The summed E-state index contributed by atoms with van der Waals surface area (Å²) < 4.78 is 29.0. The second-order valence-corrected chi connectivity index (χ2v) is 8.16. The highest BCUT2D eigenvalue weighted by Gasteiger charge is 2.65. The summed E-state index contributed by atoms with van der Waals surface area (Å²) in [6.45, 7) is 5.18. The Morgan fingerprint density at radius 3 is 2.50 bits per heavy atom. The van der Waals surface area contributed by atoms with Crippen molar-refractivity contribution in [3.05, 3.63) is 0 Å². The molecule has 2 rings (SSSR count). The Morgan fingerprint density at radius 2 is 2.05 bits per heavy atom. The van der Waals surface area contributed by atoms with Crippen molar-refractivity contribution in [1.82, 2.24) is 0 Å². The molecule has 2 aliphatic rings. The summed E-state index contributed by atoms with van der Waals surface area (Å²) in [6.07, 6.45) is 2.21. The Balaban J connectivity index is 2.16. The molecule has 0 amide bonds. The van der Waals surface area contributed by atoms with Gasteiger partial charge in [-0.05, 0) is 24.2 Å². The predicted molar refractivity (Wildman–Crippen MR) is 73.6 cm³/mol. The lowest BCUT2D eigenvalue weighted by molar-refractivity contribution is -0.128. The summed E-state index contributed by atoms with van der Waals surface area (Å²) in [5.41, 5.74) is -1.14. The summed E-state index contributed by atoms with van der Waals surface area (Å²) in [4.78, 5) is 23.4. The van der Waals surface area contributed by atoms with E-state index in [9.17, 15) is 18.0 Å². The Morgan fingerprint density at radius 1 is 1.40 bits per heavy atom. The van der Waals surface area contributed by atoms with Crippen LogP contribution >= 0.6 is 0 Å². The number of rotatable bonds is 6. The maximum absolute atomic E-state index is 12.3. The van der Waals surface area contributed by atoms with Crippen LogP contribution in [0.4, 0.5) is 0 Å². The highest BCUT2D eigenvalue weighted by atomic mass is 32.2. The Labute approximate surface area is 120 Å². The van der Waals surface area contributed by atoms with E-state index in [0.29, 0.717) is 12.8 Å². The third-order valence-corrected chi connectivity index (χ3v) is 6.68. The van der Waals surface area contributed by atoms with Gasteiger partial charge in [0, 0.05) is 12.8 Å². The van der Waals surface area contributed by atoms with Crippen LogP contribution in [-0.4, -0.2) is 32.3 Å². The second kappa shape index (κ2) is 4.91. The lowest BCUT2D eigenvalue weighted by Gasteiger charge is -2.35. The van der Waals surface area contributed by atoms with E-state index in [1.54, 1.807) is 6.92 Å². The first-order chi connectivity index (χ1) is 9.14. The third kappa shape index (κ3) is 2.33. The molecule has 0 unspecified atom stereocenters. The molecule has 0 radical (unpaired) electrons. The molecule has 2 atom stereocenters. The van der Waals surface area contributed by atoms with Crippen LogP contribution in [0.2, 0.25) is 0 Å². The van der Waals surface area contributed by atoms with Crippen LogP contribution in [0.5, 0.6) is 0 Å². The molecule has 0 aromatic carbocycles. The maximum atomic E-state index is 12.3. The molecule has 0 aliphatic heterocycles. The summed E-state index contributed by atoms with van der Waals surface area (Å²) >= 11 is 0. The highest BCUT2D eigenvalue weighted by molar-refractivity contribution is 7.86. The normalized spacial score (nSPS) is 31.8. The number of ketones is 2. The van der Waals surface area contributed by atoms with Crippen LogP contribution in [0, 0.1) is 16.7 Å². The van der Waals surface area contributed by atoms with E-state index >= 15 is 0 Å². The molecule has 2 bridgehead atoms. The van der Waals surface area contributed by atoms with Crippen molar-refractivity contribution in [2.24, 2.45) is 16.7 Å². The standard InChI is InChI=1S/C14H22O5S/c1-4-11(15)8-19-20(17,18)9-14-6-5-10(7-12(14)16)13(14,2)3/h10H,4-9H2,1-3H3/t10-,14-/m1/s1. The van der Waals surface area contributed by atoms with Crippen LogP contribution in [-0.2, 0) is 23.9 Å². The number of Topliss-reactive ketones (excluding diaryl/α,β-unsaturated/α-hetero) is 2. The second-order valence-electron chi connectivity index (χ2n) is 6.52. The van der Waals surface area contributed by atoms with Crippen LogP contribution in [0.25, 0.3) is 0 Å². The topological polar surface area (TPSA) is 77.5 Å². The van der Waals surface area contributed by atoms with Crippen molar-refractivity contribution in [2.75, 3.05) is 12.4 Å². The van der Waals surface area contributed by atoms with E-state index in [1.807, 2.05) is 13.8 Å². The van der Waals surface area contributed by atoms with Gasteiger partial charge in [-0.2, -0.15) is 8.42 Å². The SMILES string of the molecule is CCC(=O)COS(=O)(=O)C[C@]12CC[C@H](CC1=O)C2(C)C. The summed E-state index contributed by atoms with van der Waals surface area (Å²) in [5.74, 6) is -0.248. The molecule has 114 valence electrons. The molecule has 0 spiro atoms. The number of carbonyl (C=O) groups is 2. The molecule has 5 nitrogen and oxygen atoms in total. The number of hydrogen-bond acceptors (Lipinski definition) is 5.